The first-order chi connectivity index (χ1) is 10.3. The van der Waals surface area contributed by atoms with Crippen LogP contribution in [0.4, 0.5) is 30.7 Å². The minimum atomic E-state index is -6.60. The fraction of sp³-hybridized carbons (Fsp3) is 0.583. The van der Waals surface area contributed by atoms with Crippen LogP contribution in [-0.4, -0.2) is 41.2 Å². The summed E-state index contributed by atoms with van der Waals surface area (Å²) in [6.07, 6.45) is -4.00. The average Bonchev–Trinajstić information content (AvgIpc) is 2.45. The molecule has 0 saturated carbocycles. The van der Waals surface area contributed by atoms with Gasteiger partial charge in [0.25, 0.3) is 0 Å². The van der Waals surface area contributed by atoms with Crippen molar-refractivity contribution in [2.75, 3.05) is 0 Å². The van der Waals surface area contributed by atoms with Gasteiger partial charge >= 0.3 is 24.0 Å². The van der Waals surface area contributed by atoms with Crippen molar-refractivity contribution < 1.29 is 50.2 Å². The van der Waals surface area contributed by atoms with Crippen LogP contribution in [0.25, 0.3) is 0 Å². The van der Waals surface area contributed by atoms with E-state index in [1.807, 2.05) is 6.92 Å². The van der Waals surface area contributed by atoms with Crippen molar-refractivity contribution in [3.63, 3.8) is 0 Å². The average molecular weight is 356 g/mol. The molecule has 0 aromatic carbocycles. The fourth-order valence-electron chi connectivity index (χ4n) is 0.722. The maximum absolute atomic E-state index is 11.8. The molecule has 0 spiro atoms. The smallest absolute Gasteiger partial charge is 0.460 e. The monoisotopic (exact) mass is 356 g/mol. The van der Waals surface area contributed by atoms with E-state index in [0.717, 1.165) is 12.8 Å². The van der Waals surface area contributed by atoms with Crippen LogP contribution in [0, 0.1) is 0 Å². The van der Waals surface area contributed by atoms with Crippen molar-refractivity contribution in [2.45, 2.75) is 44.2 Å². The molecule has 23 heavy (non-hydrogen) atoms. The van der Waals surface area contributed by atoms with Gasteiger partial charge in [-0.05, 0) is 6.42 Å². The van der Waals surface area contributed by atoms with Gasteiger partial charge in [0.05, 0.1) is 0 Å². The fourth-order valence-corrected chi connectivity index (χ4v) is 0.722. The molecule has 136 valence electrons. The van der Waals surface area contributed by atoms with E-state index in [1.54, 1.807) is 0 Å². The van der Waals surface area contributed by atoms with E-state index >= 15 is 0 Å². The van der Waals surface area contributed by atoms with Gasteiger partial charge in [0.15, 0.2) is 12.1 Å². The van der Waals surface area contributed by atoms with Gasteiger partial charge in [0, 0.05) is 6.42 Å². The summed E-state index contributed by atoms with van der Waals surface area (Å²) in [5, 5.41) is 7.41. The summed E-state index contributed by atoms with van der Waals surface area (Å²) in [5.41, 5.74) is 0. The number of rotatable bonds is 6. The van der Waals surface area contributed by atoms with Crippen LogP contribution in [0.2, 0.25) is 0 Å². The zero-order valence-corrected chi connectivity index (χ0v) is 11.9. The van der Waals surface area contributed by atoms with Gasteiger partial charge in [-0.15, -0.1) is 13.2 Å². The maximum Gasteiger partial charge on any atom is 0.460 e. The third-order valence-corrected chi connectivity index (χ3v) is 1.93. The SMILES string of the molecule is C=C.CCCCC(=O)C=O.O=C(O)C(F)(F)C(F)(F)C(F)(F)F. The van der Waals surface area contributed by atoms with Crippen LogP contribution in [-0.2, 0) is 14.4 Å². The number of hydrogen-bond acceptors (Lipinski definition) is 3. The molecule has 1 N–H and O–H groups in total. The Bertz CT molecular complexity index is 391. The molecule has 0 aromatic rings. The van der Waals surface area contributed by atoms with Gasteiger partial charge < -0.3 is 5.11 Å². The molecule has 0 heterocycles. The molecule has 0 unspecified atom stereocenters. The molecule has 0 atom stereocenters. The zero-order valence-electron chi connectivity index (χ0n) is 11.9. The number of alkyl halides is 7. The first-order valence-corrected chi connectivity index (χ1v) is 5.79. The van der Waals surface area contributed by atoms with E-state index in [-0.39, 0.29) is 5.78 Å². The topological polar surface area (TPSA) is 71.4 Å². The summed E-state index contributed by atoms with van der Waals surface area (Å²) in [4.78, 5) is 29.2. The van der Waals surface area contributed by atoms with Crippen molar-refractivity contribution in [2.24, 2.45) is 0 Å². The Labute approximate surface area is 127 Å². The number of unbranched alkanes of at least 4 members (excludes halogenated alkanes) is 1. The Morgan fingerprint density at radius 2 is 1.43 bits per heavy atom. The summed E-state index contributed by atoms with van der Waals surface area (Å²) < 4.78 is 80.5. The van der Waals surface area contributed by atoms with Crippen LogP contribution >= 0.6 is 0 Å². The molecule has 0 aliphatic rings. The molecule has 0 radical (unpaired) electrons. The molecule has 0 amide bonds. The Morgan fingerprint density at radius 1 is 1.04 bits per heavy atom. The summed E-state index contributed by atoms with van der Waals surface area (Å²) in [6.45, 7) is 7.98. The lowest BCUT2D eigenvalue weighted by Crippen LogP contribution is -2.56. The van der Waals surface area contributed by atoms with Gasteiger partial charge in [-0.3, -0.25) is 9.59 Å². The number of carbonyl (C=O) groups excluding carboxylic acids is 2. The molecule has 11 heteroatoms. The predicted octanol–water partition coefficient (Wildman–Crippen LogP) is 3.65. The van der Waals surface area contributed by atoms with E-state index in [4.69, 9.17) is 5.11 Å². The van der Waals surface area contributed by atoms with Crippen molar-refractivity contribution in [3.05, 3.63) is 13.2 Å². The van der Waals surface area contributed by atoms with E-state index in [2.05, 4.69) is 13.2 Å². The molecule has 0 rings (SSSR count). The van der Waals surface area contributed by atoms with Crippen LogP contribution in [0.1, 0.15) is 26.2 Å². The number of hydrogen-bond donors (Lipinski definition) is 1. The molecular formula is C12H15F7O4. The number of aliphatic carboxylic acids is 1. The van der Waals surface area contributed by atoms with Crippen molar-refractivity contribution in [1.29, 1.82) is 0 Å². The largest absolute Gasteiger partial charge is 0.477 e. The lowest BCUT2D eigenvalue weighted by Gasteiger charge is -2.24. The van der Waals surface area contributed by atoms with Crippen molar-refractivity contribution in [1.82, 2.24) is 0 Å². The summed E-state index contributed by atoms with van der Waals surface area (Å²) in [7, 11) is 0. The van der Waals surface area contributed by atoms with E-state index < -0.39 is 24.0 Å². The van der Waals surface area contributed by atoms with Crippen LogP contribution < -0.4 is 0 Å². The van der Waals surface area contributed by atoms with Gasteiger partial charge in [-0.1, -0.05) is 13.3 Å². The number of carbonyl (C=O) groups is 3. The zero-order chi connectivity index (χ0) is 19.5. The van der Waals surface area contributed by atoms with Crippen LogP contribution in [0.5, 0.6) is 0 Å². The number of aldehydes is 1. The van der Waals surface area contributed by atoms with Crippen LogP contribution in [0.15, 0.2) is 13.2 Å². The Hall–Kier alpha value is -1.94. The third kappa shape index (κ3) is 8.31. The second-order valence-corrected chi connectivity index (χ2v) is 3.64. The molecule has 0 fully saturated rings. The highest BCUT2D eigenvalue weighted by molar-refractivity contribution is 6.24. The van der Waals surface area contributed by atoms with Gasteiger partial charge in [-0.25, -0.2) is 4.79 Å². The molecule has 0 saturated heterocycles. The van der Waals surface area contributed by atoms with Gasteiger partial charge in [0.2, 0.25) is 0 Å². The van der Waals surface area contributed by atoms with E-state index in [1.165, 1.54) is 0 Å². The van der Waals surface area contributed by atoms with Crippen molar-refractivity contribution >= 4 is 18.0 Å². The quantitative estimate of drug-likeness (QED) is 0.341. The second-order valence-electron chi connectivity index (χ2n) is 3.64. The molecule has 0 aliphatic carbocycles. The standard InChI is InChI=1S/C6H10O2.C4HF7O2.C2H4/c1-2-3-4-6(8)5-7;5-2(6,1(12)13)3(7,8)4(9,10)11;1-2/h5H,2-4H2,1H3;(H,12,13);1-2H2. The van der Waals surface area contributed by atoms with E-state index in [0.29, 0.717) is 12.7 Å². The van der Waals surface area contributed by atoms with Crippen LogP contribution in [0.3, 0.4) is 0 Å². The normalized spacial score (nSPS) is 11.3. The summed E-state index contributed by atoms with van der Waals surface area (Å²) in [5.74, 6) is -16.6. The number of Topliss-reactive ketones (excluding diaryl/α,β-unsaturated/α-hetero) is 1. The minimum Gasteiger partial charge on any atom is -0.477 e. The molecule has 4 nitrogen and oxygen atoms in total. The molecule has 0 bridgehead atoms. The predicted molar refractivity (Wildman–Crippen MR) is 65.4 cm³/mol. The Balaban J connectivity index is -0.000000343. The molecule has 0 aliphatic heterocycles. The first-order valence-electron chi connectivity index (χ1n) is 5.79. The van der Waals surface area contributed by atoms with E-state index in [9.17, 15) is 45.1 Å². The Kier molecular flexibility index (Phi) is 12.1. The number of halogens is 7. The number of ketones is 1. The highest BCUT2D eigenvalue weighted by atomic mass is 19.4. The lowest BCUT2D eigenvalue weighted by atomic mass is 10.1. The highest BCUT2D eigenvalue weighted by Crippen LogP contribution is 2.46. The minimum absolute atomic E-state index is 0.285. The molecule has 0 aromatic heterocycles. The highest BCUT2D eigenvalue weighted by Gasteiger charge is 2.76. The third-order valence-electron chi connectivity index (χ3n) is 1.93. The summed E-state index contributed by atoms with van der Waals surface area (Å²) in [6, 6.07) is 0. The molecular weight excluding hydrogens is 341 g/mol. The van der Waals surface area contributed by atoms with Crippen molar-refractivity contribution in [3.8, 4) is 0 Å². The first kappa shape index (κ1) is 26.0. The maximum atomic E-state index is 11.8. The van der Waals surface area contributed by atoms with Gasteiger partial charge in [-0.2, -0.15) is 30.7 Å². The Morgan fingerprint density at radius 3 is 1.61 bits per heavy atom. The van der Waals surface area contributed by atoms with Gasteiger partial charge in [0.1, 0.15) is 0 Å². The lowest BCUT2D eigenvalue weighted by molar-refractivity contribution is -0.347. The number of carboxylic acids is 1. The number of carboxylic acid groups (broad SMARTS) is 1. The summed E-state index contributed by atoms with van der Waals surface area (Å²) >= 11 is 0. The second kappa shape index (κ2) is 10.7.